The summed E-state index contributed by atoms with van der Waals surface area (Å²) in [5.74, 6) is -0.468. The van der Waals surface area contributed by atoms with E-state index in [4.69, 9.17) is 21.1 Å². The molecule has 1 aliphatic heterocycles. The fraction of sp³-hybridized carbons (Fsp3) is 0.160. The molecule has 176 valence electrons. The van der Waals surface area contributed by atoms with Crippen molar-refractivity contribution in [1.82, 2.24) is 0 Å². The highest BCUT2D eigenvalue weighted by molar-refractivity contribution is 6.35. The van der Waals surface area contributed by atoms with Gasteiger partial charge in [0.2, 0.25) is 0 Å². The van der Waals surface area contributed by atoms with Crippen molar-refractivity contribution in [1.29, 1.82) is 0 Å². The van der Waals surface area contributed by atoms with Gasteiger partial charge in [0.05, 0.1) is 17.2 Å². The fourth-order valence-electron chi connectivity index (χ4n) is 3.52. The molecule has 0 bridgehead atoms. The van der Waals surface area contributed by atoms with Gasteiger partial charge in [0.15, 0.2) is 11.5 Å². The van der Waals surface area contributed by atoms with Gasteiger partial charge in [-0.15, -0.1) is 0 Å². The van der Waals surface area contributed by atoms with Gasteiger partial charge in [0, 0.05) is 22.4 Å². The summed E-state index contributed by atoms with van der Waals surface area (Å²) in [5.41, 5.74) is 0.557. The molecule has 1 heterocycles. The molecule has 0 aliphatic carbocycles. The van der Waals surface area contributed by atoms with Gasteiger partial charge >= 0.3 is 6.18 Å². The number of carbonyl (C=O) groups excluding carboxylic acids is 1. The molecule has 0 saturated heterocycles. The number of halogens is 5. The summed E-state index contributed by atoms with van der Waals surface area (Å²) in [6.07, 6.45) is -3.02. The number of rotatable bonds is 6. The van der Waals surface area contributed by atoms with Gasteiger partial charge in [-0.25, -0.2) is 4.39 Å². The second-order valence-corrected chi connectivity index (χ2v) is 7.82. The number of anilines is 1. The van der Waals surface area contributed by atoms with Crippen molar-refractivity contribution in [2.45, 2.75) is 19.7 Å². The zero-order valence-electron chi connectivity index (χ0n) is 17.8. The Hall–Kier alpha value is -3.52. The lowest BCUT2D eigenvalue weighted by Gasteiger charge is -2.15. The summed E-state index contributed by atoms with van der Waals surface area (Å²) < 4.78 is 64.3. The Labute approximate surface area is 197 Å². The third-order valence-corrected chi connectivity index (χ3v) is 5.38. The molecule has 0 radical (unpaired) electrons. The number of benzene rings is 3. The van der Waals surface area contributed by atoms with E-state index in [1.807, 2.05) is 0 Å². The second-order valence-electron chi connectivity index (χ2n) is 7.41. The van der Waals surface area contributed by atoms with Crippen LogP contribution in [0.3, 0.4) is 0 Å². The molecule has 0 fully saturated rings. The second kappa shape index (κ2) is 9.38. The van der Waals surface area contributed by atoms with Gasteiger partial charge in [-0.3, -0.25) is 4.79 Å². The van der Waals surface area contributed by atoms with E-state index in [1.165, 1.54) is 24.3 Å². The van der Waals surface area contributed by atoms with E-state index in [9.17, 15) is 22.4 Å². The number of nitrogens with one attached hydrogen (secondary N) is 1. The van der Waals surface area contributed by atoms with E-state index in [0.29, 0.717) is 16.7 Å². The first-order valence-corrected chi connectivity index (χ1v) is 10.6. The monoisotopic (exact) mass is 491 g/mol. The van der Waals surface area contributed by atoms with Crippen LogP contribution in [0.1, 0.15) is 29.2 Å². The minimum Gasteiger partial charge on any atom is -0.490 e. The Morgan fingerprint density at radius 2 is 1.82 bits per heavy atom. The summed E-state index contributed by atoms with van der Waals surface area (Å²) in [6, 6.07) is 12.4. The maximum Gasteiger partial charge on any atom is 0.416 e. The molecular weight excluding hydrogens is 474 g/mol. The number of ether oxygens (including phenoxy) is 2. The van der Waals surface area contributed by atoms with Gasteiger partial charge < -0.3 is 14.8 Å². The van der Waals surface area contributed by atoms with Crippen molar-refractivity contribution in [2.75, 3.05) is 11.9 Å². The molecular formula is C25H18ClF4NO3. The Balaban J connectivity index is 1.67. The molecule has 0 atom stereocenters. The first-order chi connectivity index (χ1) is 16.2. The maximum atomic E-state index is 13.9. The van der Waals surface area contributed by atoms with E-state index in [1.54, 1.807) is 31.2 Å². The number of amides is 1. The average molecular weight is 492 g/mol. The standard InChI is InChI=1S/C25H18ClF4NO3/c1-2-33-22-11-14(10-19(26)23(22)34-13-15-5-3-4-6-20(15)27)9-18-17-8-7-16(25(28,29)30)12-21(17)31-24(18)32/h3-12H,2,13H2,1H3,(H,31,32)/b18-9-. The highest BCUT2D eigenvalue weighted by Crippen LogP contribution is 2.41. The number of fused-ring (bicyclic) bond motifs is 1. The first kappa shape index (κ1) is 23.6. The van der Waals surface area contributed by atoms with Crippen LogP contribution in [0.15, 0.2) is 54.6 Å². The zero-order chi connectivity index (χ0) is 24.5. The summed E-state index contributed by atoms with van der Waals surface area (Å²) >= 11 is 6.42. The van der Waals surface area contributed by atoms with Crippen molar-refractivity contribution in [3.05, 3.63) is 87.7 Å². The predicted octanol–water partition coefficient (Wildman–Crippen LogP) is 6.97. The Kier molecular flexibility index (Phi) is 6.52. The molecule has 1 amide bonds. The van der Waals surface area contributed by atoms with Gasteiger partial charge in [0.25, 0.3) is 5.91 Å². The molecule has 4 rings (SSSR count). The number of alkyl halides is 3. The van der Waals surface area contributed by atoms with Crippen LogP contribution >= 0.6 is 11.6 Å². The van der Waals surface area contributed by atoms with Crippen LogP contribution in [0, 0.1) is 5.82 Å². The first-order valence-electron chi connectivity index (χ1n) is 10.2. The van der Waals surface area contributed by atoms with Crippen molar-refractivity contribution in [3.8, 4) is 11.5 Å². The number of hydrogen-bond acceptors (Lipinski definition) is 3. The van der Waals surface area contributed by atoms with Crippen molar-refractivity contribution < 1.29 is 31.8 Å². The average Bonchev–Trinajstić information content (AvgIpc) is 3.08. The molecule has 9 heteroatoms. The minimum atomic E-state index is -4.52. The third kappa shape index (κ3) is 4.87. The number of hydrogen-bond donors (Lipinski definition) is 1. The van der Waals surface area contributed by atoms with Crippen molar-refractivity contribution in [2.24, 2.45) is 0 Å². The van der Waals surface area contributed by atoms with Crippen LogP contribution in [0.5, 0.6) is 11.5 Å². The van der Waals surface area contributed by atoms with E-state index >= 15 is 0 Å². The largest absolute Gasteiger partial charge is 0.490 e. The van der Waals surface area contributed by atoms with Crippen LogP contribution in [-0.4, -0.2) is 12.5 Å². The van der Waals surface area contributed by atoms with Crippen LogP contribution in [0.4, 0.5) is 23.2 Å². The summed E-state index contributed by atoms with van der Waals surface area (Å²) in [7, 11) is 0. The molecule has 0 aromatic heterocycles. The highest BCUT2D eigenvalue weighted by Gasteiger charge is 2.33. The zero-order valence-corrected chi connectivity index (χ0v) is 18.6. The van der Waals surface area contributed by atoms with Crippen molar-refractivity contribution >= 4 is 34.8 Å². The smallest absolute Gasteiger partial charge is 0.416 e. The van der Waals surface area contributed by atoms with Gasteiger partial charge in [-0.2, -0.15) is 13.2 Å². The molecule has 1 N–H and O–H groups in total. The lowest BCUT2D eigenvalue weighted by molar-refractivity contribution is -0.137. The van der Waals surface area contributed by atoms with E-state index < -0.39 is 23.5 Å². The SMILES string of the molecule is CCOc1cc(/C=C2\C(=O)Nc3cc(C(F)(F)F)ccc32)cc(Cl)c1OCc1ccccc1F. The lowest BCUT2D eigenvalue weighted by Crippen LogP contribution is -2.06. The lowest BCUT2D eigenvalue weighted by atomic mass is 10.0. The summed E-state index contributed by atoms with van der Waals surface area (Å²) in [5, 5.41) is 2.62. The van der Waals surface area contributed by atoms with Crippen molar-refractivity contribution in [3.63, 3.8) is 0 Å². The fourth-order valence-corrected chi connectivity index (χ4v) is 3.79. The summed E-state index contributed by atoms with van der Waals surface area (Å²) in [6.45, 7) is 1.97. The van der Waals surface area contributed by atoms with Crippen LogP contribution in [0.25, 0.3) is 11.6 Å². The molecule has 1 aliphatic rings. The minimum absolute atomic E-state index is 0.0760. The number of carbonyl (C=O) groups is 1. The third-order valence-electron chi connectivity index (χ3n) is 5.10. The molecule has 34 heavy (non-hydrogen) atoms. The quantitative estimate of drug-likeness (QED) is 0.299. The highest BCUT2D eigenvalue weighted by atomic mass is 35.5. The predicted molar refractivity (Wildman–Crippen MR) is 121 cm³/mol. The van der Waals surface area contributed by atoms with Crippen LogP contribution < -0.4 is 14.8 Å². The van der Waals surface area contributed by atoms with Crippen LogP contribution in [0.2, 0.25) is 5.02 Å². The van der Waals surface area contributed by atoms with E-state index in [0.717, 1.165) is 12.1 Å². The molecule has 0 saturated carbocycles. The Morgan fingerprint density at radius 3 is 2.53 bits per heavy atom. The topological polar surface area (TPSA) is 47.6 Å². The van der Waals surface area contributed by atoms with E-state index in [-0.39, 0.29) is 41.0 Å². The normalized spacial score (nSPS) is 14.2. The molecule has 0 spiro atoms. The van der Waals surface area contributed by atoms with Gasteiger partial charge in [-0.05, 0) is 48.9 Å². The van der Waals surface area contributed by atoms with E-state index in [2.05, 4.69) is 5.32 Å². The maximum absolute atomic E-state index is 13.9. The molecule has 3 aromatic carbocycles. The van der Waals surface area contributed by atoms with Crippen LogP contribution in [-0.2, 0) is 17.6 Å². The molecule has 4 nitrogen and oxygen atoms in total. The van der Waals surface area contributed by atoms with Gasteiger partial charge in [-0.1, -0.05) is 35.9 Å². The van der Waals surface area contributed by atoms with Gasteiger partial charge in [0.1, 0.15) is 12.4 Å². The Bertz CT molecular complexity index is 1290. The molecule has 0 unspecified atom stereocenters. The Morgan fingerprint density at radius 1 is 1.06 bits per heavy atom. The molecule has 3 aromatic rings. The summed E-state index contributed by atoms with van der Waals surface area (Å²) in [4.78, 5) is 12.5.